The molecule has 0 spiro atoms. The summed E-state index contributed by atoms with van der Waals surface area (Å²) in [5.41, 5.74) is 1.45. The smallest absolute Gasteiger partial charge is 0.335 e. The van der Waals surface area contributed by atoms with Crippen LogP contribution in [-0.4, -0.2) is 28.8 Å². The molecule has 0 radical (unpaired) electrons. The highest BCUT2D eigenvalue weighted by atomic mass is 32.1. The Bertz CT molecular complexity index is 1100. The highest BCUT2D eigenvalue weighted by Gasteiger charge is 2.19. The van der Waals surface area contributed by atoms with Crippen LogP contribution in [-0.2, 0) is 6.54 Å². The number of fused-ring (bicyclic) bond motifs is 1. The Balaban J connectivity index is 1.44. The summed E-state index contributed by atoms with van der Waals surface area (Å²) in [6, 6.07) is 8.47. The zero-order chi connectivity index (χ0) is 20.4. The Kier molecular flexibility index (Phi) is 5.00. The molecule has 29 heavy (non-hydrogen) atoms. The number of ether oxygens (including phenoxy) is 3. The molecule has 1 aromatic heterocycles. The van der Waals surface area contributed by atoms with Gasteiger partial charge in [0.2, 0.25) is 12.7 Å². The Hall–Kier alpha value is -3.66. The first kappa shape index (κ1) is 18.7. The van der Waals surface area contributed by atoms with Gasteiger partial charge in [0.05, 0.1) is 11.1 Å². The van der Waals surface area contributed by atoms with Crippen LogP contribution < -0.4 is 19.5 Å². The molecule has 0 atom stereocenters. The molecule has 1 aliphatic rings. The minimum absolute atomic E-state index is 0.105. The van der Waals surface area contributed by atoms with Crippen LogP contribution in [0.4, 0.5) is 4.39 Å². The number of benzene rings is 2. The molecular weight excluding hydrogens is 403 g/mol. The Labute approximate surface area is 167 Å². The first-order valence-corrected chi connectivity index (χ1v) is 9.20. The normalized spacial score (nSPS) is 11.9. The lowest BCUT2D eigenvalue weighted by atomic mass is 10.1. The van der Waals surface area contributed by atoms with Crippen LogP contribution in [0.1, 0.15) is 25.6 Å². The second-order valence-electron chi connectivity index (χ2n) is 5.90. The fourth-order valence-electron chi connectivity index (χ4n) is 2.59. The summed E-state index contributed by atoms with van der Waals surface area (Å²) < 4.78 is 30.2. The van der Waals surface area contributed by atoms with Gasteiger partial charge in [-0.3, -0.25) is 4.79 Å². The molecule has 0 fully saturated rings. The third-order valence-electron chi connectivity index (χ3n) is 4.04. The van der Waals surface area contributed by atoms with Gasteiger partial charge in [0.25, 0.3) is 5.91 Å². The summed E-state index contributed by atoms with van der Waals surface area (Å²) in [6.45, 7) is 0.0130. The standard InChI is InChI=1S/C19H13FN2O6S/c20-13-5-10(19(24)25)1-2-11(13)7-21-17(23)16-18(22-8-29-16)28-12-3-4-14-15(6-12)27-9-26-14/h1-6,8H,7,9H2,(H,21,23)(H,24,25). The maximum Gasteiger partial charge on any atom is 0.335 e. The van der Waals surface area contributed by atoms with E-state index in [0.29, 0.717) is 17.2 Å². The van der Waals surface area contributed by atoms with Crippen LogP contribution in [0.2, 0.25) is 0 Å². The molecule has 0 unspecified atom stereocenters. The minimum Gasteiger partial charge on any atom is -0.478 e. The van der Waals surface area contributed by atoms with Crippen LogP contribution in [0.5, 0.6) is 23.1 Å². The van der Waals surface area contributed by atoms with Gasteiger partial charge >= 0.3 is 5.97 Å². The number of thiazole rings is 1. The number of rotatable bonds is 6. The maximum atomic E-state index is 14.0. The fourth-order valence-corrected chi connectivity index (χ4v) is 3.22. The molecular formula is C19H13FN2O6S. The summed E-state index contributed by atoms with van der Waals surface area (Å²) in [5, 5.41) is 11.5. The molecule has 10 heteroatoms. The lowest BCUT2D eigenvalue weighted by Gasteiger charge is -2.08. The van der Waals surface area contributed by atoms with E-state index in [1.807, 2.05) is 0 Å². The molecule has 1 amide bonds. The molecule has 2 aromatic carbocycles. The second kappa shape index (κ2) is 7.76. The van der Waals surface area contributed by atoms with Gasteiger partial charge in [0.1, 0.15) is 11.6 Å². The monoisotopic (exact) mass is 416 g/mol. The van der Waals surface area contributed by atoms with Gasteiger partial charge in [-0.2, -0.15) is 0 Å². The number of aromatic nitrogens is 1. The van der Waals surface area contributed by atoms with Crippen molar-refractivity contribution in [2.75, 3.05) is 6.79 Å². The van der Waals surface area contributed by atoms with E-state index in [0.717, 1.165) is 17.4 Å². The number of carboxylic acid groups (broad SMARTS) is 1. The number of amides is 1. The third-order valence-corrected chi connectivity index (χ3v) is 4.85. The quantitative estimate of drug-likeness (QED) is 0.634. The van der Waals surface area contributed by atoms with E-state index in [-0.39, 0.29) is 35.2 Å². The van der Waals surface area contributed by atoms with Crippen LogP contribution in [0.15, 0.2) is 41.9 Å². The number of carboxylic acids is 1. The number of carbonyl (C=O) groups is 2. The van der Waals surface area contributed by atoms with E-state index in [1.165, 1.54) is 17.6 Å². The van der Waals surface area contributed by atoms with Gasteiger partial charge in [-0.05, 0) is 24.3 Å². The molecule has 0 saturated heterocycles. The summed E-state index contributed by atoms with van der Waals surface area (Å²) in [5.74, 6) is -0.781. The number of hydrogen-bond acceptors (Lipinski definition) is 7. The molecule has 0 bridgehead atoms. The Morgan fingerprint density at radius 1 is 1.21 bits per heavy atom. The highest BCUT2D eigenvalue weighted by Crippen LogP contribution is 2.37. The van der Waals surface area contributed by atoms with Gasteiger partial charge < -0.3 is 24.6 Å². The van der Waals surface area contributed by atoms with Gasteiger partial charge in [0, 0.05) is 18.2 Å². The van der Waals surface area contributed by atoms with E-state index in [1.54, 1.807) is 18.2 Å². The van der Waals surface area contributed by atoms with Crippen LogP contribution in [0.3, 0.4) is 0 Å². The van der Waals surface area contributed by atoms with E-state index in [9.17, 15) is 14.0 Å². The Morgan fingerprint density at radius 2 is 2.03 bits per heavy atom. The average Bonchev–Trinajstić information content (AvgIpc) is 3.35. The second-order valence-corrected chi connectivity index (χ2v) is 6.75. The van der Waals surface area contributed by atoms with Crippen LogP contribution in [0, 0.1) is 5.82 Å². The lowest BCUT2D eigenvalue weighted by molar-refractivity contribution is 0.0695. The summed E-state index contributed by atoms with van der Waals surface area (Å²) >= 11 is 1.07. The van der Waals surface area contributed by atoms with Gasteiger partial charge in [-0.1, -0.05) is 6.07 Å². The minimum atomic E-state index is -1.23. The zero-order valence-corrected chi connectivity index (χ0v) is 15.5. The number of nitrogens with one attached hydrogen (secondary N) is 1. The number of nitrogens with zero attached hydrogens (tertiary/aromatic N) is 1. The average molecular weight is 416 g/mol. The summed E-state index contributed by atoms with van der Waals surface area (Å²) in [4.78, 5) is 27.6. The van der Waals surface area contributed by atoms with Crippen molar-refractivity contribution in [2.24, 2.45) is 0 Å². The first-order chi connectivity index (χ1) is 14.0. The lowest BCUT2D eigenvalue weighted by Crippen LogP contribution is -2.23. The molecule has 2 N–H and O–H groups in total. The van der Waals surface area contributed by atoms with E-state index in [4.69, 9.17) is 19.3 Å². The summed E-state index contributed by atoms with van der Waals surface area (Å²) in [7, 11) is 0. The molecule has 0 saturated carbocycles. The molecule has 2 heterocycles. The largest absolute Gasteiger partial charge is 0.478 e. The van der Waals surface area contributed by atoms with Crippen molar-refractivity contribution in [2.45, 2.75) is 6.54 Å². The van der Waals surface area contributed by atoms with Crippen LogP contribution >= 0.6 is 11.3 Å². The Morgan fingerprint density at radius 3 is 2.83 bits per heavy atom. The van der Waals surface area contributed by atoms with Gasteiger partial charge in [0.15, 0.2) is 16.4 Å². The predicted molar refractivity (Wildman–Crippen MR) is 99.3 cm³/mol. The highest BCUT2D eigenvalue weighted by molar-refractivity contribution is 7.12. The number of carbonyl (C=O) groups excluding carboxylic acids is 1. The van der Waals surface area contributed by atoms with E-state index in [2.05, 4.69) is 10.3 Å². The van der Waals surface area contributed by atoms with Crippen LogP contribution in [0.25, 0.3) is 0 Å². The zero-order valence-electron chi connectivity index (χ0n) is 14.7. The molecule has 4 rings (SSSR count). The first-order valence-electron chi connectivity index (χ1n) is 8.32. The third kappa shape index (κ3) is 3.97. The molecule has 1 aliphatic heterocycles. The molecule has 148 valence electrons. The van der Waals surface area contributed by atoms with Crippen molar-refractivity contribution < 1.29 is 33.3 Å². The van der Waals surface area contributed by atoms with Gasteiger partial charge in [-0.15, -0.1) is 11.3 Å². The predicted octanol–water partition coefficient (Wildman–Crippen LogP) is 3.43. The van der Waals surface area contributed by atoms with Gasteiger partial charge in [-0.25, -0.2) is 14.2 Å². The van der Waals surface area contributed by atoms with Crippen molar-refractivity contribution >= 4 is 23.2 Å². The molecule has 0 aliphatic carbocycles. The van der Waals surface area contributed by atoms with Crippen molar-refractivity contribution in [1.29, 1.82) is 0 Å². The number of halogens is 1. The SMILES string of the molecule is O=C(O)c1ccc(CNC(=O)c2scnc2Oc2ccc3c(c2)OCO3)c(F)c1. The van der Waals surface area contributed by atoms with E-state index < -0.39 is 17.7 Å². The van der Waals surface area contributed by atoms with Crippen molar-refractivity contribution in [3.63, 3.8) is 0 Å². The summed E-state index contributed by atoms with van der Waals surface area (Å²) in [6.07, 6.45) is 0. The van der Waals surface area contributed by atoms with Crippen molar-refractivity contribution in [3.8, 4) is 23.1 Å². The van der Waals surface area contributed by atoms with E-state index >= 15 is 0 Å². The molecule has 8 nitrogen and oxygen atoms in total. The van der Waals surface area contributed by atoms with Crippen molar-refractivity contribution in [1.82, 2.24) is 10.3 Å². The topological polar surface area (TPSA) is 107 Å². The fraction of sp³-hybridized carbons (Fsp3) is 0.105. The maximum absolute atomic E-state index is 14.0. The molecule has 3 aromatic rings. The number of hydrogen-bond donors (Lipinski definition) is 2. The number of aromatic carboxylic acids is 1. The van der Waals surface area contributed by atoms with Crippen molar-refractivity contribution in [3.05, 3.63) is 63.7 Å².